The van der Waals surface area contributed by atoms with Gasteiger partial charge in [-0.15, -0.1) is 0 Å². The van der Waals surface area contributed by atoms with Gasteiger partial charge in [-0.2, -0.15) is 4.98 Å². The van der Waals surface area contributed by atoms with E-state index in [1.54, 1.807) is 18.6 Å². The molecule has 1 aliphatic heterocycles. The zero-order valence-corrected chi connectivity index (χ0v) is 18.7. The lowest BCUT2D eigenvalue weighted by atomic mass is 10.00. The second-order valence-corrected chi connectivity index (χ2v) is 8.09. The molecule has 2 N–H and O–H groups in total. The second kappa shape index (κ2) is 10.6. The number of ether oxygens (including phenoxy) is 1. The van der Waals surface area contributed by atoms with Crippen molar-refractivity contribution in [3.63, 3.8) is 0 Å². The van der Waals surface area contributed by atoms with E-state index in [1.807, 2.05) is 64.1 Å². The number of benzene rings is 2. The van der Waals surface area contributed by atoms with Gasteiger partial charge in [-0.25, -0.2) is 14.8 Å². The van der Waals surface area contributed by atoms with E-state index in [9.17, 15) is 4.79 Å². The number of nitrogens with zero attached hydrogens (tertiary/aromatic N) is 5. The first-order valence-electron chi connectivity index (χ1n) is 11.1. The number of anilines is 1. The number of imidazole rings is 1. The quantitative estimate of drug-likeness (QED) is 0.501. The fourth-order valence-electron chi connectivity index (χ4n) is 3.64. The van der Waals surface area contributed by atoms with Crippen LogP contribution >= 0.6 is 0 Å². The van der Waals surface area contributed by atoms with Crippen LogP contribution in [-0.2, 0) is 11.3 Å². The van der Waals surface area contributed by atoms with Crippen LogP contribution in [0.3, 0.4) is 0 Å². The highest BCUT2D eigenvalue weighted by Gasteiger charge is 2.21. The van der Waals surface area contributed by atoms with Crippen LogP contribution in [0.5, 0.6) is 0 Å². The van der Waals surface area contributed by atoms with Crippen molar-refractivity contribution in [2.75, 3.05) is 18.8 Å². The summed E-state index contributed by atoms with van der Waals surface area (Å²) in [4.78, 5) is 25.9. The molecule has 33 heavy (non-hydrogen) atoms. The molecular formula is C25H28N6O2. The minimum Gasteiger partial charge on any atom is -0.445 e. The van der Waals surface area contributed by atoms with E-state index in [0.717, 1.165) is 54.3 Å². The van der Waals surface area contributed by atoms with Gasteiger partial charge in [0, 0.05) is 19.3 Å². The van der Waals surface area contributed by atoms with E-state index >= 15 is 0 Å². The molecule has 1 fully saturated rings. The molecule has 0 saturated carbocycles. The van der Waals surface area contributed by atoms with E-state index in [2.05, 4.69) is 21.9 Å². The van der Waals surface area contributed by atoms with E-state index in [-0.39, 0.29) is 12.0 Å². The third-order valence-corrected chi connectivity index (χ3v) is 5.61. The third-order valence-electron chi connectivity index (χ3n) is 5.61. The SMILES string of the molecule is CC1CCN(C(=O)OCc2ccccc2)CC1.Nc1nccc(-n2cnc3ccccc32)n1. The first-order chi connectivity index (χ1) is 16.1. The van der Waals surface area contributed by atoms with Crippen LogP contribution in [0.1, 0.15) is 25.3 Å². The van der Waals surface area contributed by atoms with Gasteiger partial charge in [-0.1, -0.05) is 49.4 Å². The van der Waals surface area contributed by atoms with Gasteiger partial charge in [0.2, 0.25) is 5.95 Å². The van der Waals surface area contributed by atoms with Crippen LogP contribution in [0, 0.1) is 5.92 Å². The van der Waals surface area contributed by atoms with E-state index in [4.69, 9.17) is 10.5 Å². The predicted molar refractivity (Wildman–Crippen MR) is 128 cm³/mol. The van der Waals surface area contributed by atoms with Gasteiger partial charge in [0.15, 0.2) is 0 Å². The number of nitrogen functional groups attached to an aromatic ring is 1. The molecule has 2 aromatic carbocycles. The number of rotatable bonds is 3. The zero-order valence-electron chi connectivity index (χ0n) is 18.7. The van der Waals surface area contributed by atoms with Crippen molar-refractivity contribution in [2.24, 2.45) is 5.92 Å². The number of nitrogens with two attached hydrogens (primary N) is 1. The molecule has 5 rings (SSSR count). The molecule has 0 atom stereocenters. The van der Waals surface area contributed by atoms with Gasteiger partial charge in [-0.3, -0.25) is 4.57 Å². The summed E-state index contributed by atoms with van der Waals surface area (Å²) in [6, 6.07) is 19.4. The molecule has 8 nitrogen and oxygen atoms in total. The van der Waals surface area contributed by atoms with Crippen LogP contribution in [-0.4, -0.2) is 43.6 Å². The van der Waals surface area contributed by atoms with Gasteiger partial charge >= 0.3 is 6.09 Å². The van der Waals surface area contributed by atoms with Gasteiger partial charge in [0.05, 0.1) is 11.0 Å². The van der Waals surface area contributed by atoms with Crippen molar-refractivity contribution in [3.8, 4) is 5.82 Å². The number of aromatic nitrogens is 4. The Hall–Kier alpha value is -3.94. The molecule has 170 valence electrons. The first kappa shape index (κ1) is 22.3. The monoisotopic (exact) mass is 444 g/mol. The number of carbonyl (C=O) groups excluding carboxylic acids is 1. The molecule has 2 aromatic heterocycles. The summed E-state index contributed by atoms with van der Waals surface area (Å²) >= 11 is 0. The minimum atomic E-state index is -0.180. The summed E-state index contributed by atoms with van der Waals surface area (Å²) in [6.45, 7) is 4.25. The summed E-state index contributed by atoms with van der Waals surface area (Å²) in [5, 5.41) is 0. The summed E-state index contributed by atoms with van der Waals surface area (Å²) in [6.07, 6.45) is 5.35. The van der Waals surface area contributed by atoms with Crippen molar-refractivity contribution in [2.45, 2.75) is 26.4 Å². The minimum absolute atomic E-state index is 0.180. The fourth-order valence-corrected chi connectivity index (χ4v) is 3.64. The Balaban J connectivity index is 0.000000157. The molecule has 0 unspecified atom stereocenters. The molecule has 1 amide bonds. The lowest BCUT2D eigenvalue weighted by Crippen LogP contribution is -2.38. The number of amides is 1. The third kappa shape index (κ3) is 5.85. The predicted octanol–water partition coefficient (Wildman–Crippen LogP) is 4.45. The van der Waals surface area contributed by atoms with Crippen LogP contribution in [0.2, 0.25) is 0 Å². The molecule has 8 heteroatoms. The maximum atomic E-state index is 11.8. The molecule has 4 aromatic rings. The van der Waals surface area contributed by atoms with Gasteiger partial charge < -0.3 is 15.4 Å². The average Bonchev–Trinajstić information content (AvgIpc) is 3.28. The molecule has 0 radical (unpaired) electrons. The van der Waals surface area contributed by atoms with Gasteiger partial charge in [0.25, 0.3) is 0 Å². The first-order valence-corrected chi connectivity index (χ1v) is 11.1. The number of para-hydroxylation sites is 2. The number of piperidine rings is 1. The van der Waals surface area contributed by atoms with E-state index < -0.39 is 0 Å². The zero-order chi connectivity index (χ0) is 23.0. The Morgan fingerprint density at radius 2 is 1.76 bits per heavy atom. The van der Waals surface area contributed by atoms with E-state index in [0.29, 0.717) is 6.61 Å². The molecule has 1 saturated heterocycles. The fraction of sp³-hybridized carbons (Fsp3) is 0.280. The lowest BCUT2D eigenvalue weighted by Gasteiger charge is -2.29. The average molecular weight is 445 g/mol. The molecule has 0 bridgehead atoms. The number of hydrogen-bond donors (Lipinski definition) is 1. The van der Waals surface area contributed by atoms with E-state index in [1.165, 1.54) is 0 Å². The van der Waals surface area contributed by atoms with Crippen molar-refractivity contribution in [1.29, 1.82) is 0 Å². The van der Waals surface area contributed by atoms with Crippen LogP contribution < -0.4 is 5.73 Å². The second-order valence-electron chi connectivity index (χ2n) is 8.09. The highest BCUT2D eigenvalue weighted by Crippen LogP contribution is 2.17. The number of hydrogen-bond acceptors (Lipinski definition) is 6. The Bertz CT molecular complexity index is 1190. The number of likely N-dealkylation sites (tertiary alicyclic amines) is 1. The highest BCUT2D eigenvalue weighted by atomic mass is 16.6. The van der Waals surface area contributed by atoms with Crippen LogP contribution in [0.25, 0.3) is 16.9 Å². The molecular weight excluding hydrogens is 416 g/mol. The van der Waals surface area contributed by atoms with Crippen molar-refractivity contribution in [3.05, 3.63) is 78.8 Å². The normalized spacial score (nSPS) is 13.9. The highest BCUT2D eigenvalue weighted by molar-refractivity contribution is 5.76. The standard InChI is InChI=1S/C14H19NO2.C11H9N5/c1-12-7-9-15(10-8-12)14(16)17-11-13-5-3-2-4-6-13;12-11-13-6-5-10(15-11)16-7-14-8-3-1-2-4-9(8)16/h2-6,12H,7-11H2,1H3;1-7H,(H2,12,13,15). The Kier molecular flexibility index (Phi) is 7.14. The molecule has 3 heterocycles. The Morgan fingerprint density at radius 3 is 2.52 bits per heavy atom. The van der Waals surface area contributed by atoms with Crippen LogP contribution in [0.15, 0.2) is 73.2 Å². The summed E-state index contributed by atoms with van der Waals surface area (Å²) in [5.74, 6) is 1.71. The summed E-state index contributed by atoms with van der Waals surface area (Å²) in [5.41, 5.74) is 8.52. The number of fused-ring (bicyclic) bond motifs is 1. The van der Waals surface area contributed by atoms with Gasteiger partial charge in [-0.05, 0) is 42.5 Å². The Labute approximate surface area is 193 Å². The maximum Gasteiger partial charge on any atom is 0.410 e. The topological polar surface area (TPSA) is 99.2 Å². The molecule has 0 spiro atoms. The summed E-state index contributed by atoms with van der Waals surface area (Å²) < 4.78 is 7.17. The lowest BCUT2D eigenvalue weighted by molar-refractivity contribution is 0.0837. The van der Waals surface area contributed by atoms with Crippen molar-refractivity contribution in [1.82, 2.24) is 24.4 Å². The van der Waals surface area contributed by atoms with Crippen molar-refractivity contribution < 1.29 is 9.53 Å². The number of carbonyl (C=O) groups is 1. The summed E-state index contributed by atoms with van der Waals surface area (Å²) in [7, 11) is 0. The smallest absolute Gasteiger partial charge is 0.410 e. The van der Waals surface area contributed by atoms with Gasteiger partial charge in [0.1, 0.15) is 18.8 Å². The van der Waals surface area contributed by atoms with Crippen molar-refractivity contribution >= 4 is 23.1 Å². The maximum absolute atomic E-state index is 11.8. The van der Waals surface area contributed by atoms with Crippen LogP contribution in [0.4, 0.5) is 10.7 Å². The molecule has 0 aliphatic carbocycles. The largest absolute Gasteiger partial charge is 0.445 e. The molecule has 1 aliphatic rings. The Morgan fingerprint density at radius 1 is 1.03 bits per heavy atom.